The molecule has 8 heteroatoms. The molecule has 2 heterocycles. The minimum atomic E-state index is -0.342. The molecule has 1 unspecified atom stereocenters. The lowest BCUT2D eigenvalue weighted by Gasteiger charge is -2.35. The number of urea groups is 1. The van der Waals surface area contributed by atoms with E-state index in [4.69, 9.17) is 0 Å². The fraction of sp³-hybridized carbons (Fsp3) is 0.467. The van der Waals surface area contributed by atoms with E-state index < -0.39 is 0 Å². The fourth-order valence-electron chi connectivity index (χ4n) is 2.76. The van der Waals surface area contributed by atoms with Crippen molar-refractivity contribution in [2.45, 2.75) is 12.5 Å². The Bertz CT molecular complexity index is 566. The topological polar surface area (TPSA) is 76.7 Å². The molecule has 0 aliphatic carbocycles. The molecule has 0 spiro atoms. The monoisotopic (exact) mass is 321 g/mol. The largest absolute Gasteiger partial charge is 0.338 e. The van der Waals surface area contributed by atoms with Gasteiger partial charge in [-0.2, -0.15) is 0 Å². The molecule has 3 N–H and O–H groups in total. The van der Waals surface area contributed by atoms with E-state index in [0.717, 1.165) is 13.0 Å². The van der Waals surface area contributed by atoms with Gasteiger partial charge >= 0.3 is 6.03 Å². The highest BCUT2D eigenvalue weighted by Crippen LogP contribution is 2.12. The second-order valence-corrected chi connectivity index (χ2v) is 5.66. The Morgan fingerprint density at radius 3 is 2.35 bits per heavy atom. The normalized spacial score (nSPS) is 21.3. The summed E-state index contributed by atoms with van der Waals surface area (Å²) in [5.74, 6) is -0.265. The minimum Gasteiger partial charge on any atom is -0.338 e. The number of hydrazine groups is 1. The minimum absolute atomic E-state index is 0.0774. The van der Waals surface area contributed by atoms with E-state index in [2.05, 4.69) is 16.2 Å². The third-order valence-corrected chi connectivity index (χ3v) is 4.11. The van der Waals surface area contributed by atoms with Crippen LogP contribution >= 0.6 is 0 Å². The van der Waals surface area contributed by atoms with Gasteiger partial charge in [0.1, 0.15) is 11.9 Å². The van der Waals surface area contributed by atoms with Gasteiger partial charge in [0, 0.05) is 38.4 Å². The van der Waals surface area contributed by atoms with Crippen molar-refractivity contribution in [3.8, 4) is 0 Å². The average molecular weight is 321 g/mol. The number of benzene rings is 1. The van der Waals surface area contributed by atoms with Crippen molar-refractivity contribution in [1.29, 1.82) is 0 Å². The number of piperazine rings is 1. The number of nitrogens with one attached hydrogen (secondary N) is 3. The predicted molar refractivity (Wildman–Crippen MR) is 83.1 cm³/mol. The number of carbonyl (C=O) groups excluding carboxylic acids is 2. The fourth-order valence-corrected chi connectivity index (χ4v) is 2.76. The molecule has 2 saturated heterocycles. The van der Waals surface area contributed by atoms with E-state index in [9.17, 15) is 14.0 Å². The summed E-state index contributed by atoms with van der Waals surface area (Å²) in [5, 5.41) is 2.73. The van der Waals surface area contributed by atoms with E-state index in [1.54, 1.807) is 9.80 Å². The molecule has 0 radical (unpaired) electrons. The molecule has 1 aromatic carbocycles. The first-order chi connectivity index (χ1) is 11.1. The lowest BCUT2D eigenvalue weighted by atomic mass is 10.2. The standard InChI is InChI=1S/C15H20FN5O2/c16-11-1-3-12(4-2-11)18-15(23)21-9-7-20(8-10-21)14(22)13-5-6-17-19-13/h1-4,13,17,19H,5-10H2,(H,18,23). The van der Waals surface area contributed by atoms with Crippen LogP contribution in [0.25, 0.3) is 0 Å². The van der Waals surface area contributed by atoms with E-state index in [1.807, 2.05) is 0 Å². The van der Waals surface area contributed by atoms with Crippen LogP contribution in [0.15, 0.2) is 24.3 Å². The van der Waals surface area contributed by atoms with Crippen molar-refractivity contribution in [2.75, 3.05) is 38.0 Å². The summed E-state index contributed by atoms with van der Waals surface area (Å²) in [7, 11) is 0. The van der Waals surface area contributed by atoms with Crippen molar-refractivity contribution in [1.82, 2.24) is 20.7 Å². The Morgan fingerprint density at radius 1 is 1.09 bits per heavy atom. The van der Waals surface area contributed by atoms with E-state index >= 15 is 0 Å². The number of halogens is 1. The van der Waals surface area contributed by atoms with Gasteiger partial charge in [-0.1, -0.05) is 0 Å². The number of rotatable bonds is 2. The summed E-state index contributed by atoms with van der Waals surface area (Å²) in [5.41, 5.74) is 6.46. The van der Waals surface area contributed by atoms with Crippen LogP contribution in [0.2, 0.25) is 0 Å². The van der Waals surface area contributed by atoms with Gasteiger partial charge in [-0.15, -0.1) is 0 Å². The van der Waals surface area contributed by atoms with E-state index in [1.165, 1.54) is 24.3 Å². The summed E-state index contributed by atoms with van der Waals surface area (Å²) in [6.45, 7) is 2.80. The molecule has 0 bridgehead atoms. The highest BCUT2D eigenvalue weighted by molar-refractivity contribution is 5.89. The number of hydrogen-bond acceptors (Lipinski definition) is 4. The van der Waals surface area contributed by atoms with Gasteiger partial charge in [-0.3, -0.25) is 10.2 Å². The summed E-state index contributed by atoms with van der Waals surface area (Å²) in [6.07, 6.45) is 0.782. The number of carbonyl (C=O) groups is 2. The highest BCUT2D eigenvalue weighted by atomic mass is 19.1. The smallest absolute Gasteiger partial charge is 0.321 e. The molecule has 124 valence electrons. The maximum absolute atomic E-state index is 12.9. The molecule has 7 nitrogen and oxygen atoms in total. The molecular formula is C15H20FN5O2. The van der Waals surface area contributed by atoms with Crippen molar-refractivity contribution < 1.29 is 14.0 Å². The maximum Gasteiger partial charge on any atom is 0.321 e. The molecular weight excluding hydrogens is 301 g/mol. The van der Waals surface area contributed by atoms with Gasteiger partial charge in [0.25, 0.3) is 0 Å². The predicted octanol–water partition coefficient (Wildman–Crippen LogP) is 0.368. The van der Waals surface area contributed by atoms with Crippen LogP contribution in [0.1, 0.15) is 6.42 Å². The van der Waals surface area contributed by atoms with Gasteiger partial charge < -0.3 is 15.1 Å². The lowest BCUT2D eigenvalue weighted by molar-refractivity contribution is -0.134. The van der Waals surface area contributed by atoms with Crippen LogP contribution in [-0.2, 0) is 4.79 Å². The van der Waals surface area contributed by atoms with Crippen molar-refractivity contribution in [3.05, 3.63) is 30.1 Å². The van der Waals surface area contributed by atoms with Gasteiger partial charge in [0.2, 0.25) is 5.91 Å². The van der Waals surface area contributed by atoms with Gasteiger partial charge in [-0.05, 0) is 30.7 Å². The zero-order valence-electron chi connectivity index (χ0n) is 12.7. The molecule has 1 atom stereocenters. The Hall–Kier alpha value is -2.19. The van der Waals surface area contributed by atoms with Crippen LogP contribution in [0, 0.1) is 5.82 Å². The molecule has 1 aromatic rings. The molecule has 2 aliphatic heterocycles. The Labute approximate surface area is 133 Å². The first-order valence-electron chi connectivity index (χ1n) is 7.72. The molecule has 3 amide bonds. The number of anilines is 1. The van der Waals surface area contributed by atoms with E-state index in [-0.39, 0.29) is 23.8 Å². The summed E-state index contributed by atoms with van der Waals surface area (Å²) in [4.78, 5) is 27.9. The third-order valence-electron chi connectivity index (χ3n) is 4.11. The lowest BCUT2D eigenvalue weighted by Crippen LogP contribution is -2.55. The summed E-state index contributed by atoms with van der Waals surface area (Å²) >= 11 is 0. The second-order valence-electron chi connectivity index (χ2n) is 5.66. The van der Waals surface area contributed by atoms with Crippen molar-refractivity contribution in [2.24, 2.45) is 0 Å². The van der Waals surface area contributed by atoms with Crippen LogP contribution in [0.4, 0.5) is 14.9 Å². The zero-order chi connectivity index (χ0) is 16.2. The number of hydrogen-bond donors (Lipinski definition) is 3. The zero-order valence-corrected chi connectivity index (χ0v) is 12.7. The molecule has 3 rings (SSSR count). The first kappa shape index (κ1) is 15.7. The summed E-state index contributed by atoms with van der Waals surface area (Å²) < 4.78 is 12.9. The molecule has 2 fully saturated rings. The first-order valence-corrected chi connectivity index (χ1v) is 7.72. The average Bonchev–Trinajstić information content (AvgIpc) is 3.11. The van der Waals surface area contributed by atoms with E-state index in [0.29, 0.717) is 31.9 Å². The molecule has 23 heavy (non-hydrogen) atoms. The Morgan fingerprint density at radius 2 is 1.74 bits per heavy atom. The van der Waals surface area contributed by atoms with Crippen LogP contribution in [-0.4, -0.2) is 60.5 Å². The number of amides is 3. The quantitative estimate of drug-likeness (QED) is 0.735. The van der Waals surface area contributed by atoms with Crippen LogP contribution in [0.3, 0.4) is 0 Å². The van der Waals surface area contributed by atoms with Crippen molar-refractivity contribution >= 4 is 17.6 Å². The molecule has 0 aromatic heterocycles. The molecule has 2 aliphatic rings. The summed E-state index contributed by atoms with van der Waals surface area (Å²) in [6, 6.07) is 5.24. The Balaban J connectivity index is 1.49. The molecule has 0 saturated carbocycles. The van der Waals surface area contributed by atoms with Gasteiger partial charge in [0.05, 0.1) is 0 Å². The second kappa shape index (κ2) is 6.93. The van der Waals surface area contributed by atoms with Crippen molar-refractivity contribution in [3.63, 3.8) is 0 Å². The Kier molecular flexibility index (Phi) is 4.73. The highest BCUT2D eigenvalue weighted by Gasteiger charge is 2.30. The van der Waals surface area contributed by atoms with Gasteiger partial charge in [-0.25, -0.2) is 14.6 Å². The van der Waals surface area contributed by atoms with Crippen LogP contribution < -0.4 is 16.2 Å². The SMILES string of the molecule is O=C(Nc1ccc(F)cc1)N1CCN(C(=O)C2CCNN2)CC1. The van der Waals surface area contributed by atoms with Gasteiger partial charge in [0.15, 0.2) is 0 Å². The third kappa shape index (κ3) is 3.77. The maximum atomic E-state index is 12.9. The van der Waals surface area contributed by atoms with Crippen LogP contribution in [0.5, 0.6) is 0 Å². The number of nitrogens with zero attached hydrogens (tertiary/aromatic N) is 2.